The second kappa shape index (κ2) is 11.9. The van der Waals surface area contributed by atoms with E-state index in [-0.39, 0.29) is 40.9 Å². The highest BCUT2D eigenvalue weighted by atomic mass is 19.1. The van der Waals surface area contributed by atoms with Crippen molar-refractivity contribution in [2.45, 2.75) is 78.8 Å². The SMILES string of the molecule is C[C@H]1CCCCN1C(=O)CN(C(N)=O)N(C(=O)CCC(C)(C)C)[C@@H](C)c1ncc(-c2ccc(F)cc2F)[nH]1. The van der Waals surface area contributed by atoms with Crippen LogP contribution in [0.2, 0.25) is 0 Å². The number of halogens is 2. The first kappa shape index (κ1) is 29.1. The number of piperidine rings is 1. The van der Waals surface area contributed by atoms with Crippen LogP contribution in [0.3, 0.4) is 0 Å². The van der Waals surface area contributed by atoms with E-state index in [0.717, 1.165) is 36.4 Å². The highest BCUT2D eigenvalue weighted by Crippen LogP contribution is 2.28. The van der Waals surface area contributed by atoms with E-state index in [9.17, 15) is 23.2 Å². The van der Waals surface area contributed by atoms with Gasteiger partial charge in [0, 0.05) is 30.6 Å². The summed E-state index contributed by atoms with van der Waals surface area (Å²) in [5.74, 6) is -1.94. The zero-order valence-electron chi connectivity index (χ0n) is 22.8. The Labute approximate surface area is 222 Å². The Morgan fingerprint density at radius 1 is 1.24 bits per heavy atom. The van der Waals surface area contributed by atoms with Gasteiger partial charge in [0.05, 0.1) is 11.9 Å². The number of carbonyl (C=O) groups is 3. The molecule has 0 saturated carbocycles. The predicted octanol–water partition coefficient (Wildman–Crippen LogP) is 4.77. The Hall–Kier alpha value is -3.50. The number of imidazole rings is 1. The molecule has 2 heterocycles. The van der Waals surface area contributed by atoms with Gasteiger partial charge in [0.1, 0.15) is 30.0 Å². The summed E-state index contributed by atoms with van der Waals surface area (Å²) in [7, 11) is 0. The number of hydrazine groups is 1. The molecule has 1 aromatic heterocycles. The largest absolute Gasteiger partial charge is 0.350 e. The van der Waals surface area contributed by atoms with Crippen molar-refractivity contribution in [3.05, 3.63) is 41.9 Å². The van der Waals surface area contributed by atoms with Crippen molar-refractivity contribution >= 4 is 17.8 Å². The predicted molar refractivity (Wildman–Crippen MR) is 139 cm³/mol. The van der Waals surface area contributed by atoms with Crippen molar-refractivity contribution in [2.75, 3.05) is 13.1 Å². The van der Waals surface area contributed by atoms with E-state index in [2.05, 4.69) is 9.97 Å². The third-order valence-electron chi connectivity index (χ3n) is 6.85. The third kappa shape index (κ3) is 7.08. The Kier molecular flexibility index (Phi) is 9.11. The molecule has 1 saturated heterocycles. The van der Waals surface area contributed by atoms with Crippen LogP contribution in [0, 0.1) is 17.0 Å². The number of primary amides is 1. The van der Waals surface area contributed by atoms with Crippen LogP contribution >= 0.6 is 0 Å². The minimum absolute atomic E-state index is 0.0201. The number of rotatable bonds is 7. The van der Waals surface area contributed by atoms with Gasteiger partial charge in [-0.05, 0) is 57.1 Å². The molecular formula is C27H38F2N6O3. The minimum Gasteiger partial charge on any atom is -0.350 e. The molecule has 208 valence electrons. The Bertz CT molecular complexity index is 1160. The smallest absolute Gasteiger partial charge is 0.334 e. The van der Waals surface area contributed by atoms with Gasteiger partial charge in [-0.2, -0.15) is 0 Å². The number of carbonyl (C=O) groups excluding carboxylic acids is 3. The lowest BCUT2D eigenvalue weighted by Gasteiger charge is -2.40. The molecule has 11 heteroatoms. The van der Waals surface area contributed by atoms with Crippen LogP contribution in [0.1, 0.15) is 78.6 Å². The van der Waals surface area contributed by atoms with Crippen molar-refractivity contribution in [3.63, 3.8) is 0 Å². The summed E-state index contributed by atoms with van der Waals surface area (Å²) >= 11 is 0. The summed E-state index contributed by atoms with van der Waals surface area (Å²) < 4.78 is 27.8. The van der Waals surface area contributed by atoms with E-state index in [1.807, 2.05) is 27.7 Å². The Morgan fingerprint density at radius 2 is 1.95 bits per heavy atom. The van der Waals surface area contributed by atoms with E-state index in [4.69, 9.17) is 5.73 Å². The first-order valence-electron chi connectivity index (χ1n) is 13.0. The van der Waals surface area contributed by atoms with Crippen molar-refractivity contribution in [2.24, 2.45) is 11.1 Å². The van der Waals surface area contributed by atoms with E-state index in [0.29, 0.717) is 13.0 Å². The van der Waals surface area contributed by atoms with Crippen molar-refractivity contribution in [1.29, 1.82) is 0 Å². The molecule has 1 aromatic carbocycles. The molecule has 2 atom stereocenters. The zero-order chi connectivity index (χ0) is 28.2. The van der Waals surface area contributed by atoms with Gasteiger partial charge < -0.3 is 15.6 Å². The fourth-order valence-electron chi connectivity index (χ4n) is 4.61. The maximum Gasteiger partial charge on any atom is 0.334 e. The Morgan fingerprint density at radius 3 is 2.55 bits per heavy atom. The Balaban J connectivity index is 1.93. The van der Waals surface area contributed by atoms with Crippen LogP contribution < -0.4 is 5.73 Å². The maximum absolute atomic E-state index is 14.4. The lowest BCUT2D eigenvalue weighted by molar-refractivity contribution is -0.154. The molecule has 3 rings (SSSR count). The first-order valence-corrected chi connectivity index (χ1v) is 13.0. The molecule has 0 spiro atoms. The molecule has 1 fully saturated rings. The van der Waals surface area contributed by atoms with Crippen molar-refractivity contribution < 1.29 is 23.2 Å². The topological polar surface area (TPSA) is 116 Å². The molecular weight excluding hydrogens is 494 g/mol. The summed E-state index contributed by atoms with van der Waals surface area (Å²) in [6.07, 6.45) is 4.76. The number of aromatic amines is 1. The molecule has 1 aliphatic rings. The summed E-state index contributed by atoms with van der Waals surface area (Å²) in [4.78, 5) is 48.4. The molecule has 9 nitrogen and oxygen atoms in total. The van der Waals surface area contributed by atoms with Crippen LogP contribution in [0.4, 0.5) is 13.6 Å². The molecule has 3 N–H and O–H groups in total. The average molecular weight is 533 g/mol. The molecule has 0 radical (unpaired) electrons. The van der Waals surface area contributed by atoms with Gasteiger partial charge in [-0.25, -0.2) is 28.6 Å². The van der Waals surface area contributed by atoms with Gasteiger partial charge >= 0.3 is 6.03 Å². The maximum atomic E-state index is 14.4. The number of aromatic nitrogens is 2. The molecule has 2 aromatic rings. The van der Waals surface area contributed by atoms with Crippen LogP contribution in [0.25, 0.3) is 11.3 Å². The molecule has 0 bridgehead atoms. The van der Waals surface area contributed by atoms with Gasteiger partial charge in [0.2, 0.25) is 11.8 Å². The number of likely N-dealkylation sites (tertiary alicyclic amines) is 1. The lowest BCUT2D eigenvalue weighted by atomic mass is 9.90. The molecule has 0 unspecified atom stereocenters. The average Bonchev–Trinajstić information content (AvgIpc) is 3.32. The van der Waals surface area contributed by atoms with E-state index >= 15 is 0 Å². The lowest BCUT2D eigenvalue weighted by Crippen LogP contribution is -2.57. The number of nitrogens with zero attached hydrogens (tertiary/aromatic N) is 4. The summed E-state index contributed by atoms with van der Waals surface area (Å²) in [5, 5.41) is 2.14. The number of amides is 4. The summed E-state index contributed by atoms with van der Waals surface area (Å²) in [5.41, 5.74) is 5.94. The second-order valence-electron chi connectivity index (χ2n) is 11.1. The summed E-state index contributed by atoms with van der Waals surface area (Å²) in [6, 6.07) is 1.41. The quantitative estimate of drug-likeness (QED) is 0.500. The first-order chi connectivity index (χ1) is 17.8. The number of nitrogens with one attached hydrogen (secondary N) is 1. The normalized spacial score (nSPS) is 16.7. The monoisotopic (exact) mass is 532 g/mol. The van der Waals surface area contributed by atoms with Gasteiger partial charge in [0.25, 0.3) is 0 Å². The zero-order valence-corrected chi connectivity index (χ0v) is 22.8. The number of benzene rings is 1. The number of nitrogens with two attached hydrogens (primary N) is 1. The highest BCUT2D eigenvalue weighted by molar-refractivity contribution is 5.86. The third-order valence-corrected chi connectivity index (χ3v) is 6.85. The fraction of sp³-hybridized carbons (Fsp3) is 0.556. The van der Waals surface area contributed by atoms with Gasteiger partial charge in [-0.1, -0.05) is 20.8 Å². The van der Waals surface area contributed by atoms with Gasteiger partial charge in [-0.15, -0.1) is 0 Å². The number of urea groups is 1. The van der Waals surface area contributed by atoms with E-state index < -0.39 is 36.2 Å². The minimum atomic E-state index is -0.949. The number of H-pyrrole nitrogens is 1. The molecule has 38 heavy (non-hydrogen) atoms. The number of hydrogen-bond donors (Lipinski definition) is 2. The van der Waals surface area contributed by atoms with E-state index in [1.165, 1.54) is 17.3 Å². The molecule has 1 aliphatic heterocycles. The van der Waals surface area contributed by atoms with E-state index in [1.54, 1.807) is 11.8 Å². The van der Waals surface area contributed by atoms with Crippen molar-refractivity contribution in [1.82, 2.24) is 24.9 Å². The molecule has 4 amide bonds. The van der Waals surface area contributed by atoms with Crippen LogP contribution in [0.5, 0.6) is 0 Å². The molecule has 0 aliphatic carbocycles. The van der Waals surface area contributed by atoms with Crippen LogP contribution in [-0.2, 0) is 9.59 Å². The summed E-state index contributed by atoms with van der Waals surface area (Å²) in [6.45, 7) is 9.77. The fourth-order valence-corrected chi connectivity index (χ4v) is 4.61. The highest BCUT2D eigenvalue weighted by Gasteiger charge is 2.35. The standard InChI is InChI=1S/C27H38F2N6O3/c1-17-8-6-7-13-33(17)24(37)16-34(26(30)38)35(23(36)11-12-27(3,4)5)18(2)25-31-15-22(32-25)20-10-9-19(28)14-21(20)29/h9-10,14-15,17-18H,6-8,11-13,16H2,1-5H3,(H2,30,38)(H,31,32)/t17-,18-/m0/s1. The van der Waals surface area contributed by atoms with Gasteiger partial charge in [-0.3, -0.25) is 9.59 Å². The number of hydrogen-bond acceptors (Lipinski definition) is 4. The van der Waals surface area contributed by atoms with Crippen molar-refractivity contribution in [3.8, 4) is 11.3 Å². The van der Waals surface area contributed by atoms with Crippen LogP contribution in [-0.4, -0.2) is 61.9 Å². The van der Waals surface area contributed by atoms with Gasteiger partial charge in [0.15, 0.2) is 0 Å². The second-order valence-corrected chi connectivity index (χ2v) is 11.1. The van der Waals surface area contributed by atoms with Crippen LogP contribution in [0.15, 0.2) is 24.4 Å².